The maximum atomic E-state index is 5.49. The highest BCUT2D eigenvalue weighted by Crippen LogP contribution is 2.23. The van der Waals surface area contributed by atoms with Crippen LogP contribution in [0, 0.1) is 6.92 Å². The molecular formula is C19H25NO. The molecule has 0 aromatic heterocycles. The second kappa shape index (κ2) is 7.28. The Kier molecular flexibility index (Phi) is 5.40. The molecule has 0 fully saturated rings. The van der Waals surface area contributed by atoms with Gasteiger partial charge in [0, 0.05) is 12.1 Å². The third kappa shape index (κ3) is 4.08. The van der Waals surface area contributed by atoms with Gasteiger partial charge < -0.3 is 10.1 Å². The molecule has 0 saturated carbocycles. The number of aryl methyl sites for hydroxylation is 1. The summed E-state index contributed by atoms with van der Waals surface area (Å²) in [6.07, 6.45) is 0. The molecule has 112 valence electrons. The molecule has 0 bridgehead atoms. The first-order chi connectivity index (χ1) is 10.1. The van der Waals surface area contributed by atoms with Crippen LogP contribution >= 0.6 is 0 Å². The van der Waals surface area contributed by atoms with E-state index in [1.807, 2.05) is 19.1 Å². The van der Waals surface area contributed by atoms with E-state index in [1.165, 1.54) is 16.7 Å². The zero-order chi connectivity index (χ0) is 15.2. The molecule has 2 heteroatoms. The van der Waals surface area contributed by atoms with Crippen molar-refractivity contribution < 1.29 is 4.74 Å². The Morgan fingerprint density at radius 2 is 1.62 bits per heavy atom. The lowest BCUT2D eigenvalue weighted by Gasteiger charge is -2.22. The number of ether oxygens (including phenoxy) is 1. The molecule has 2 aromatic carbocycles. The van der Waals surface area contributed by atoms with Gasteiger partial charge in [0.25, 0.3) is 0 Å². The molecule has 2 unspecified atom stereocenters. The maximum absolute atomic E-state index is 5.49. The Hall–Kier alpha value is -1.80. The third-order valence-electron chi connectivity index (χ3n) is 3.85. The van der Waals surface area contributed by atoms with Crippen LogP contribution in [0.25, 0.3) is 0 Å². The van der Waals surface area contributed by atoms with Crippen molar-refractivity contribution in [1.29, 1.82) is 0 Å². The smallest absolute Gasteiger partial charge is 0.119 e. The van der Waals surface area contributed by atoms with Crippen LogP contribution < -0.4 is 10.1 Å². The van der Waals surface area contributed by atoms with Gasteiger partial charge in [-0.25, -0.2) is 0 Å². The van der Waals surface area contributed by atoms with E-state index >= 15 is 0 Å². The Balaban J connectivity index is 2.03. The van der Waals surface area contributed by atoms with Crippen molar-refractivity contribution in [2.75, 3.05) is 6.61 Å². The van der Waals surface area contributed by atoms with Crippen LogP contribution in [0.1, 0.15) is 49.5 Å². The van der Waals surface area contributed by atoms with Crippen molar-refractivity contribution >= 4 is 0 Å². The number of rotatable bonds is 6. The van der Waals surface area contributed by atoms with E-state index in [-0.39, 0.29) is 0 Å². The largest absolute Gasteiger partial charge is 0.494 e. The van der Waals surface area contributed by atoms with Crippen LogP contribution in [0.5, 0.6) is 5.75 Å². The lowest BCUT2D eigenvalue weighted by molar-refractivity contribution is 0.340. The van der Waals surface area contributed by atoms with Gasteiger partial charge in [-0.3, -0.25) is 0 Å². The molecule has 1 N–H and O–H groups in total. The highest BCUT2D eigenvalue weighted by Gasteiger charge is 2.12. The summed E-state index contributed by atoms with van der Waals surface area (Å²) >= 11 is 0. The zero-order valence-electron chi connectivity index (χ0n) is 13.4. The van der Waals surface area contributed by atoms with Gasteiger partial charge in [-0.1, -0.05) is 36.4 Å². The van der Waals surface area contributed by atoms with Gasteiger partial charge in [-0.2, -0.15) is 0 Å². The van der Waals surface area contributed by atoms with Crippen molar-refractivity contribution in [1.82, 2.24) is 5.32 Å². The van der Waals surface area contributed by atoms with Crippen LogP contribution in [0.2, 0.25) is 0 Å². The highest BCUT2D eigenvalue weighted by atomic mass is 16.5. The number of nitrogens with one attached hydrogen (secondary N) is 1. The summed E-state index contributed by atoms with van der Waals surface area (Å²) in [5.41, 5.74) is 3.96. The molecule has 0 radical (unpaired) electrons. The topological polar surface area (TPSA) is 21.3 Å². The molecule has 0 saturated heterocycles. The van der Waals surface area contributed by atoms with E-state index < -0.39 is 0 Å². The van der Waals surface area contributed by atoms with E-state index in [0.717, 1.165) is 5.75 Å². The summed E-state index contributed by atoms with van der Waals surface area (Å²) in [7, 11) is 0. The first-order valence-electron chi connectivity index (χ1n) is 7.66. The molecule has 0 aliphatic rings. The Morgan fingerprint density at radius 1 is 0.952 bits per heavy atom. The van der Waals surface area contributed by atoms with Crippen molar-refractivity contribution in [3.05, 3.63) is 65.2 Å². The minimum Gasteiger partial charge on any atom is -0.494 e. The van der Waals surface area contributed by atoms with Crippen molar-refractivity contribution in [3.8, 4) is 5.75 Å². The summed E-state index contributed by atoms with van der Waals surface area (Å²) in [4.78, 5) is 0. The molecule has 2 atom stereocenters. The van der Waals surface area contributed by atoms with Crippen LogP contribution in [-0.2, 0) is 0 Å². The second-order valence-electron chi connectivity index (χ2n) is 5.47. The summed E-state index contributed by atoms with van der Waals surface area (Å²) in [6, 6.07) is 17.5. The van der Waals surface area contributed by atoms with Crippen molar-refractivity contribution in [2.45, 2.75) is 39.8 Å². The summed E-state index contributed by atoms with van der Waals surface area (Å²) in [6.45, 7) is 9.28. The summed E-state index contributed by atoms with van der Waals surface area (Å²) in [5.74, 6) is 0.931. The van der Waals surface area contributed by atoms with Gasteiger partial charge in [0.1, 0.15) is 5.75 Å². The van der Waals surface area contributed by atoms with Gasteiger partial charge in [-0.05, 0) is 56.5 Å². The normalized spacial score (nSPS) is 13.7. The molecule has 0 aliphatic heterocycles. The minimum absolute atomic E-state index is 0.301. The lowest BCUT2D eigenvalue weighted by atomic mass is 10.0. The molecule has 2 aromatic rings. The fraction of sp³-hybridized carbons (Fsp3) is 0.368. The summed E-state index contributed by atoms with van der Waals surface area (Å²) < 4.78 is 5.49. The SMILES string of the molecule is CCOc1ccc(C(C)NC(C)c2ccccc2C)cc1. The number of benzene rings is 2. The van der Waals surface area contributed by atoms with Crippen molar-refractivity contribution in [2.24, 2.45) is 0 Å². The molecule has 2 rings (SSSR count). The van der Waals surface area contributed by atoms with Crippen LogP contribution in [0.3, 0.4) is 0 Å². The minimum atomic E-state index is 0.301. The van der Waals surface area contributed by atoms with Crippen LogP contribution in [0.4, 0.5) is 0 Å². The van der Waals surface area contributed by atoms with Gasteiger partial charge in [-0.15, -0.1) is 0 Å². The van der Waals surface area contributed by atoms with E-state index in [9.17, 15) is 0 Å². The van der Waals surface area contributed by atoms with Gasteiger partial charge in [0.2, 0.25) is 0 Å². The standard InChI is InChI=1S/C19H25NO/c1-5-21-18-12-10-17(11-13-18)15(3)20-16(4)19-9-7-6-8-14(19)2/h6-13,15-16,20H,5H2,1-4H3. The van der Waals surface area contributed by atoms with E-state index in [0.29, 0.717) is 18.7 Å². The van der Waals surface area contributed by atoms with E-state index in [2.05, 4.69) is 62.5 Å². The monoisotopic (exact) mass is 283 g/mol. The Bertz CT molecular complexity index is 562. The quantitative estimate of drug-likeness (QED) is 0.821. The molecule has 0 aliphatic carbocycles. The number of hydrogen-bond acceptors (Lipinski definition) is 2. The molecule has 0 spiro atoms. The first-order valence-corrected chi connectivity index (χ1v) is 7.66. The fourth-order valence-electron chi connectivity index (χ4n) is 2.65. The van der Waals surface area contributed by atoms with Crippen molar-refractivity contribution in [3.63, 3.8) is 0 Å². The van der Waals surface area contributed by atoms with Crippen LogP contribution in [-0.4, -0.2) is 6.61 Å². The van der Waals surface area contributed by atoms with E-state index in [1.54, 1.807) is 0 Å². The Morgan fingerprint density at radius 3 is 2.24 bits per heavy atom. The molecule has 0 amide bonds. The zero-order valence-corrected chi connectivity index (χ0v) is 13.4. The average molecular weight is 283 g/mol. The predicted molar refractivity (Wildman–Crippen MR) is 88.8 cm³/mol. The highest BCUT2D eigenvalue weighted by molar-refractivity contribution is 5.31. The lowest BCUT2D eigenvalue weighted by Crippen LogP contribution is -2.23. The van der Waals surface area contributed by atoms with Gasteiger partial charge >= 0.3 is 0 Å². The predicted octanol–water partition coefficient (Wildman–Crippen LogP) is 4.81. The molecular weight excluding hydrogens is 258 g/mol. The molecule has 2 nitrogen and oxygen atoms in total. The summed E-state index contributed by atoms with van der Waals surface area (Å²) in [5, 5.41) is 3.66. The molecule has 0 heterocycles. The average Bonchev–Trinajstić information content (AvgIpc) is 2.48. The molecule has 21 heavy (non-hydrogen) atoms. The first kappa shape index (κ1) is 15.6. The van der Waals surface area contributed by atoms with E-state index in [4.69, 9.17) is 4.74 Å². The Labute approximate surface area is 128 Å². The number of hydrogen-bond donors (Lipinski definition) is 1. The van der Waals surface area contributed by atoms with Gasteiger partial charge in [0.05, 0.1) is 6.61 Å². The van der Waals surface area contributed by atoms with Gasteiger partial charge in [0.15, 0.2) is 0 Å². The van der Waals surface area contributed by atoms with Crippen LogP contribution in [0.15, 0.2) is 48.5 Å². The maximum Gasteiger partial charge on any atom is 0.119 e. The fourth-order valence-corrected chi connectivity index (χ4v) is 2.65. The second-order valence-corrected chi connectivity index (χ2v) is 5.47. The third-order valence-corrected chi connectivity index (χ3v) is 3.85.